The Hall–Kier alpha value is -1.84. The molecule has 1 heterocycles. The Morgan fingerprint density at radius 2 is 1.70 bits per heavy atom. The van der Waals surface area contributed by atoms with E-state index in [4.69, 9.17) is 4.11 Å². The lowest BCUT2D eigenvalue weighted by molar-refractivity contribution is -0.660. The lowest BCUT2D eigenvalue weighted by Crippen LogP contribution is -2.33. The quantitative estimate of drug-likeness (QED) is 0.641. The summed E-state index contributed by atoms with van der Waals surface area (Å²) < 4.78 is 63.8. The number of pyridine rings is 1. The lowest BCUT2D eigenvalue weighted by atomic mass is 9.83. The Bertz CT molecular complexity index is 832. The Kier molecular flexibility index (Phi) is 3.34. The van der Waals surface area contributed by atoms with Crippen molar-refractivity contribution in [2.45, 2.75) is 46.1 Å². The molecule has 0 amide bonds. The first-order chi connectivity index (χ1) is 11.6. The molecule has 0 aliphatic rings. The van der Waals surface area contributed by atoms with Crippen LogP contribution in [0.4, 0.5) is 13.2 Å². The van der Waals surface area contributed by atoms with Crippen molar-refractivity contribution in [2.24, 2.45) is 7.05 Å². The van der Waals surface area contributed by atoms with Crippen LogP contribution in [-0.2, 0) is 18.6 Å². The number of benzene rings is 1. The molecular weight excluding hydrogens is 299 g/mol. The zero-order valence-corrected chi connectivity index (χ0v) is 14.0. The fourth-order valence-corrected chi connectivity index (χ4v) is 2.66. The molecule has 0 N–H and O–H groups in total. The fourth-order valence-electron chi connectivity index (χ4n) is 2.66. The molecule has 0 saturated heterocycles. The first kappa shape index (κ1) is 13.6. The molecule has 124 valence electrons. The Morgan fingerprint density at radius 1 is 1.04 bits per heavy atom. The van der Waals surface area contributed by atoms with Crippen LogP contribution in [0.15, 0.2) is 30.5 Å². The minimum absolute atomic E-state index is 0.251. The molecule has 0 aliphatic heterocycles. The van der Waals surface area contributed by atoms with Gasteiger partial charge >= 0.3 is 6.18 Å². The van der Waals surface area contributed by atoms with Crippen LogP contribution in [0.5, 0.6) is 0 Å². The third-order valence-electron chi connectivity index (χ3n) is 3.91. The number of rotatable bonds is 1. The Morgan fingerprint density at radius 3 is 2.17 bits per heavy atom. The summed E-state index contributed by atoms with van der Waals surface area (Å²) in [6.07, 6.45) is -2.84. The minimum Gasteiger partial charge on any atom is -0.201 e. The molecule has 0 unspecified atom stereocenters. The van der Waals surface area contributed by atoms with E-state index in [9.17, 15) is 13.2 Å². The van der Waals surface area contributed by atoms with Crippen molar-refractivity contribution in [3.63, 3.8) is 0 Å². The topological polar surface area (TPSA) is 3.88 Å². The highest BCUT2D eigenvalue weighted by atomic mass is 19.4. The molecule has 1 aromatic heterocycles. The molecule has 0 aliphatic carbocycles. The van der Waals surface area contributed by atoms with Crippen molar-refractivity contribution in [1.29, 1.82) is 0 Å². The van der Waals surface area contributed by atoms with Gasteiger partial charge < -0.3 is 0 Å². The summed E-state index contributed by atoms with van der Waals surface area (Å²) in [5.41, 5.74) is 1.59. The summed E-state index contributed by atoms with van der Waals surface area (Å²) in [6.45, 7) is 5.11. The number of hydrogen-bond acceptors (Lipinski definition) is 0. The van der Waals surface area contributed by atoms with Crippen LogP contribution >= 0.6 is 0 Å². The van der Waals surface area contributed by atoms with E-state index in [1.54, 1.807) is 30.8 Å². The van der Waals surface area contributed by atoms with Crippen LogP contribution in [0, 0.1) is 13.8 Å². The van der Waals surface area contributed by atoms with Gasteiger partial charge in [0.2, 0.25) is 5.69 Å². The molecule has 23 heavy (non-hydrogen) atoms. The molecule has 0 atom stereocenters. The molecule has 0 saturated carbocycles. The standard InChI is InChI=1S/C19H23F3N/c1-12-9-14(19(20,21)22)7-8-15(12)17-10-16(18(3,4)5)13(2)11-23(17)6/h7-11H,1-6H3/q+1/i2D3. The van der Waals surface area contributed by atoms with Gasteiger partial charge in [-0.1, -0.05) is 20.8 Å². The Labute approximate surface area is 140 Å². The van der Waals surface area contributed by atoms with Gasteiger partial charge in [-0.15, -0.1) is 0 Å². The number of nitrogens with zero attached hydrogens (tertiary/aromatic N) is 1. The van der Waals surface area contributed by atoms with Crippen molar-refractivity contribution in [3.8, 4) is 11.3 Å². The number of alkyl halides is 3. The minimum atomic E-state index is -4.40. The summed E-state index contributed by atoms with van der Waals surface area (Å²) in [7, 11) is 1.70. The van der Waals surface area contributed by atoms with Gasteiger partial charge in [0.1, 0.15) is 7.05 Å². The summed E-state index contributed by atoms with van der Waals surface area (Å²) in [6, 6.07) is 5.38. The maximum Gasteiger partial charge on any atom is 0.416 e. The van der Waals surface area contributed by atoms with E-state index in [2.05, 4.69) is 0 Å². The lowest BCUT2D eigenvalue weighted by Gasteiger charge is -2.21. The maximum absolute atomic E-state index is 12.9. The molecule has 1 aromatic carbocycles. The van der Waals surface area contributed by atoms with Crippen molar-refractivity contribution >= 4 is 0 Å². The molecule has 0 fully saturated rings. The molecule has 2 aromatic rings. The average Bonchev–Trinajstić information content (AvgIpc) is 2.44. The molecular formula is C19H23F3N+. The van der Waals surface area contributed by atoms with Gasteiger partial charge in [-0.25, -0.2) is 4.57 Å². The van der Waals surface area contributed by atoms with E-state index in [1.807, 2.05) is 20.8 Å². The van der Waals surface area contributed by atoms with Crippen LogP contribution in [0.2, 0.25) is 0 Å². The predicted octanol–water partition coefficient (Wildman–Crippen LogP) is 5.11. The summed E-state index contributed by atoms with van der Waals surface area (Å²) in [5.74, 6) is 0. The maximum atomic E-state index is 12.9. The molecule has 0 spiro atoms. The smallest absolute Gasteiger partial charge is 0.201 e. The summed E-state index contributed by atoms with van der Waals surface area (Å²) in [5, 5.41) is 0. The van der Waals surface area contributed by atoms with Crippen LogP contribution in [0.3, 0.4) is 0 Å². The van der Waals surface area contributed by atoms with Crippen LogP contribution < -0.4 is 4.57 Å². The molecule has 4 heteroatoms. The summed E-state index contributed by atoms with van der Waals surface area (Å²) >= 11 is 0. The van der Waals surface area contributed by atoms with E-state index >= 15 is 0 Å². The molecule has 0 bridgehead atoms. The molecule has 2 rings (SSSR count). The highest BCUT2D eigenvalue weighted by Gasteiger charge is 2.31. The van der Waals surface area contributed by atoms with E-state index in [0.29, 0.717) is 22.4 Å². The van der Waals surface area contributed by atoms with Crippen molar-refractivity contribution in [1.82, 2.24) is 0 Å². The molecule has 1 nitrogen and oxygen atoms in total. The van der Waals surface area contributed by atoms with Gasteiger partial charge in [0.05, 0.1) is 5.56 Å². The third kappa shape index (κ3) is 3.57. The van der Waals surface area contributed by atoms with Gasteiger partial charge in [0.25, 0.3) is 0 Å². The zero-order chi connectivity index (χ0) is 20.1. The van der Waals surface area contributed by atoms with E-state index in [0.717, 1.165) is 12.1 Å². The van der Waals surface area contributed by atoms with Gasteiger partial charge in [-0.3, -0.25) is 0 Å². The van der Waals surface area contributed by atoms with Gasteiger partial charge in [-0.05, 0) is 48.5 Å². The number of aromatic nitrogens is 1. The fraction of sp³-hybridized carbons (Fsp3) is 0.421. The van der Waals surface area contributed by atoms with Crippen LogP contribution in [0.25, 0.3) is 11.3 Å². The van der Waals surface area contributed by atoms with E-state index in [-0.39, 0.29) is 5.56 Å². The van der Waals surface area contributed by atoms with Crippen LogP contribution in [0.1, 0.15) is 47.1 Å². The van der Waals surface area contributed by atoms with Gasteiger partial charge in [0.15, 0.2) is 6.20 Å². The average molecular weight is 325 g/mol. The van der Waals surface area contributed by atoms with Gasteiger partial charge in [-0.2, -0.15) is 13.2 Å². The first-order valence-electron chi connectivity index (χ1n) is 8.85. The second-order valence-electron chi connectivity index (χ2n) is 6.87. The second kappa shape index (κ2) is 5.66. The highest BCUT2D eigenvalue weighted by molar-refractivity contribution is 5.63. The zero-order valence-electron chi connectivity index (χ0n) is 17.0. The summed E-state index contributed by atoms with van der Waals surface area (Å²) in [4.78, 5) is 0. The predicted molar refractivity (Wildman–Crippen MR) is 86.2 cm³/mol. The number of halogens is 3. The SMILES string of the molecule is [2H]C([2H])([2H])c1c[n+](C)c(-c2ccc(C(F)(F)F)cc2C)cc1C(C)(C)C. The van der Waals surface area contributed by atoms with Crippen molar-refractivity contribution in [3.05, 3.63) is 52.7 Å². The number of hydrogen-bond donors (Lipinski definition) is 0. The van der Waals surface area contributed by atoms with Crippen molar-refractivity contribution < 1.29 is 21.9 Å². The molecule has 0 radical (unpaired) electrons. The number of aryl methyl sites for hydroxylation is 3. The monoisotopic (exact) mass is 325 g/mol. The largest absolute Gasteiger partial charge is 0.416 e. The Balaban J connectivity index is 2.72. The second-order valence-corrected chi connectivity index (χ2v) is 6.87. The highest BCUT2D eigenvalue weighted by Crippen LogP contribution is 2.34. The first-order valence-corrected chi connectivity index (χ1v) is 7.35. The van der Waals surface area contributed by atoms with Crippen LogP contribution in [-0.4, -0.2) is 0 Å². The van der Waals surface area contributed by atoms with Crippen molar-refractivity contribution in [2.75, 3.05) is 0 Å². The third-order valence-corrected chi connectivity index (χ3v) is 3.91. The normalized spacial score (nSPS) is 15.0. The van der Waals surface area contributed by atoms with E-state index in [1.165, 1.54) is 6.07 Å². The van der Waals surface area contributed by atoms with E-state index < -0.39 is 24.0 Å². The van der Waals surface area contributed by atoms with Gasteiger partial charge in [0, 0.05) is 21.3 Å².